The van der Waals surface area contributed by atoms with E-state index < -0.39 is 18.0 Å². The van der Waals surface area contributed by atoms with E-state index in [2.05, 4.69) is 9.47 Å². The zero-order valence-electron chi connectivity index (χ0n) is 11.0. The van der Waals surface area contributed by atoms with Crippen LogP contribution in [0.4, 0.5) is 0 Å². The van der Waals surface area contributed by atoms with Crippen molar-refractivity contribution in [3.63, 3.8) is 0 Å². The van der Waals surface area contributed by atoms with E-state index in [1.54, 1.807) is 24.3 Å². The molecule has 1 rings (SSSR count). The highest BCUT2D eigenvalue weighted by molar-refractivity contribution is 5.98. The molecule has 1 aromatic rings. The second-order valence-corrected chi connectivity index (χ2v) is 3.42. The Morgan fingerprint density at radius 3 is 2.05 bits per heavy atom. The summed E-state index contributed by atoms with van der Waals surface area (Å²) in [5.74, 6) is -0.968. The Morgan fingerprint density at radius 2 is 1.58 bits per heavy atom. The van der Waals surface area contributed by atoms with Gasteiger partial charge in [-0.1, -0.05) is 12.1 Å². The van der Waals surface area contributed by atoms with E-state index in [0.29, 0.717) is 12.4 Å². The number of hydrogen-bond donors (Lipinski definition) is 0. The second-order valence-electron chi connectivity index (χ2n) is 3.42. The summed E-state index contributed by atoms with van der Waals surface area (Å²) >= 11 is 0. The second kappa shape index (κ2) is 7.25. The lowest BCUT2D eigenvalue weighted by Gasteiger charge is -2.16. The minimum atomic E-state index is -1.48. The average Bonchev–Trinajstić information content (AvgIpc) is 2.45. The predicted octanol–water partition coefficient (Wildman–Crippen LogP) is 1.18. The van der Waals surface area contributed by atoms with Crippen molar-refractivity contribution >= 4 is 11.9 Å². The van der Waals surface area contributed by atoms with Crippen molar-refractivity contribution in [1.29, 1.82) is 0 Å². The fourth-order valence-electron chi connectivity index (χ4n) is 1.36. The number of benzene rings is 1. The van der Waals surface area contributed by atoms with Crippen LogP contribution in [0.3, 0.4) is 0 Å². The summed E-state index contributed by atoms with van der Waals surface area (Å²) in [6.45, 7) is 2.25. The first-order valence-electron chi connectivity index (χ1n) is 5.68. The Balaban J connectivity index is 2.96. The molecule has 0 heterocycles. The van der Waals surface area contributed by atoms with Crippen LogP contribution < -0.4 is 9.47 Å². The van der Waals surface area contributed by atoms with Crippen molar-refractivity contribution < 1.29 is 28.5 Å². The molecule has 0 bridgehead atoms. The number of rotatable bonds is 6. The molecule has 6 heteroatoms. The minimum absolute atomic E-state index is 0.269. The molecule has 0 saturated carbocycles. The maximum Gasteiger partial charge on any atom is 0.359 e. The lowest BCUT2D eigenvalue weighted by Crippen LogP contribution is -2.37. The molecule has 0 spiro atoms. The van der Waals surface area contributed by atoms with E-state index in [9.17, 15) is 9.59 Å². The number of ether oxygens (including phenoxy) is 4. The fraction of sp³-hybridized carbons (Fsp3) is 0.385. The summed E-state index contributed by atoms with van der Waals surface area (Å²) in [7, 11) is 2.33. The molecule has 0 aliphatic rings. The van der Waals surface area contributed by atoms with Gasteiger partial charge < -0.3 is 18.9 Å². The Hall–Kier alpha value is -2.24. The molecule has 0 atom stereocenters. The molecule has 0 fully saturated rings. The Labute approximate surface area is 111 Å². The molecule has 6 nitrogen and oxygen atoms in total. The third-order valence-corrected chi connectivity index (χ3v) is 2.22. The molecule has 19 heavy (non-hydrogen) atoms. The van der Waals surface area contributed by atoms with Crippen molar-refractivity contribution in [2.75, 3.05) is 20.8 Å². The molecule has 0 aliphatic heterocycles. The van der Waals surface area contributed by atoms with Gasteiger partial charge in [-0.25, -0.2) is 9.59 Å². The van der Waals surface area contributed by atoms with Crippen molar-refractivity contribution in [2.45, 2.75) is 13.0 Å². The summed E-state index contributed by atoms with van der Waals surface area (Å²) < 4.78 is 19.7. The van der Waals surface area contributed by atoms with Crippen LogP contribution >= 0.6 is 0 Å². The number of hydrogen-bond acceptors (Lipinski definition) is 6. The molecule has 0 saturated heterocycles. The van der Waals surface area contributed by atoms with E-state index in [0.717, 1.165) is 14.2 Å². The third-order valence-electron chi connectivity index (χ3n) is 2.22. The van der Waals surface area contributed by atoms with Crippen molar-refractivity contribution in [1.82, 2.24) is 0 Å². The van der Waals surface area contributed by atoms with E-state index >= 15 is 0 Å². The quantitative estimate of drug-likeness (QED) is 0.570. The molecular formula is C13H16O6. The van der Waals surface area contributed by atoms with Crippen LogP contribution in [-0.4, -0.2) is 38.9 Å². The van der Waals surface area contributed by atoms with Crippen LogP contribution in [0.1, 0.15) is 6.92 Å². The van der Waals surface area contributed by atoms with Gasteiger partial charge in [0.1, 0.15) is 0 Å². The molecule has 0 amide bonds. The largest absolute Gasteiger partial charge is 0.490 e. The first-order chi connectivity index (χ1) is 9.13. The fourth-order valence-corrected chi connectivity index (χ4v) is 1.36. The van der Waals surface area contributed by atoms with Gasteiger partial charge in [0.05, 0.1) is 20.8 Å². The molecule has 104 valence electrons. The Kier molecular flexibility index (Phi) is 5.66. The van der Waals surface area contributed by atoms with Gasteiger partial charge in [-0.3, -0.25) is 0 Å². The van der Waals surface area contributed by atoms with E-state index in [1.807, 2.05) is 6.92 Å². The lowest BCUT2D eigenvalue weighted by molar-refractivity contribution is -0.163. The first kappa shape index (κ1) is 14.8. The number of carbonyl (C=O) groups is 2. The third kappa shape index (κ3) is 3.87. The maximum atomic E-state index is 11.5. The molecule has 0 aliphatic carbocycles. The maximum absolute atomic E-state index is 11.5. The summed E-state index contributed by atoms with van der Waals surface area (Å²) in [5.41, 5.74) is 0. The van der Waals surface area contributed by atoms with E-state index in [-0.39, 0.29) is 5.75 Å². The van der Waals surface area contributed by atoms with Gasteiger partial charge in [-0.2, -0.15) is 0 Å². The normalized spacial score (nSPS) is 9.89. The van der Waals surface area contributed by atoms with Gasteiger partial charge in [0.25, 0.3) is 6.10 Å². The van der Waals surface area contributed by atoms with Crippen LogP contribution in [0.5, 0.6) is 11.5 Å². The lowest BCUT2D eigenvalue weighted by atomic mass is 10.3. The Morgan fingerprint density at radius 1 is 1.05 bits per heavy atom. The first-order valence-corrected chi connectivity index (χ1v) is 5.68. The van der Waals surface area contributed by atoms with Crippen LogP contribution in [0.15, 0.2) is 24.3 Å². The highest BCUT2D eigenvalue weighted by Crippen LogP contribution is 2.27. The number of methoxy groups -OCH3 is 2. The van der Waals surface area contributed by atoms with Gasteiger partial charge in [-0.05, 0) is 19.1 Å². The van der Waals surface area contributed by atoms with Gasteiger partial charge >= 0.3 is 11.9 Å². The van der Waals surface area contributed by atoms with Gasteiger partial charge in [-0.15, -0.1) is 0 Å². The molecule has 1 aromatic carbocycles. The van der Waals surface area contributed by atoms with Crippen molar-refractivity contribution in [3.8, 4) is 11.5 Å². The summed E-state index contributed by atoms with van der Waals surface area (Å²) in [5, 5.41) is 0. The van der Waals surface area contributed by atoms with Gasteiger partial charge in [0.2, 0.25) is 0 Å². The summed E-state index contributed by atoms with van der Waals surface area (Å²) in [6.07, 6.45) is -1.48. The van der Waals surface area contributed by atoms with E-state index in [4.69, 9.17) is 9.47 Å². The predicted molar refractivity (Wildman–Crippen MR) is 66.1 cm³/mol. The van der Waals surface area contributed by atoms with Crippen LogP contribution in [0, 0.1) is 0 Å². The number of carbonyl (C=O) groups excluding carboxylic acids is 2. The SMILES string of the molecule is CCOc1ccccc1OC(C(=O)OC)C(=O)OC. The Bertz CT molecular complexity index is 427. The standard InChI is InChI=1S/C13H16O6/c1-4-18-9-7-5-6-8-10(9)19-11(12(14)16-2)13(15)17-3/h5-8,11H,4H2,1-3H3. The molecule has 0 unspecified atom stereocenters. The minimum Gasteiger partial charge on any atom is -0.490 e. The zero-order valence-corrected chi connectivity index (χ0v) is 11.0. The summed E-state index contributed by atoms with van der Waals surface area (Å²) in [6, 6.07) is 6.71. The molecule has 0 radical (unpaired) electrons. The van der Waals surface area contributed by atoms with Gasteiger partial charge in [0.15, 0.2) is 11.5 Å². The van der Waals surface area contributed by atoms with Gasteiger partial charge in [0, 0.05) is 0 Å². The number of para-hydroxylation sites is 2. The van der Waals surface area contributed by atoms with Crippen LogP contribution in [0.25, 0.3) is 0 Å². The van der Waals surface area contributed by atoms with Crippen LogP contribution in [0.2, 0.25) is 0 Å². The average molecular weight is 268 g/mol. The van der Waals surface area contributed by atoms with Crippen LogP contribution in [-0.2, 0) is 19.1 Å². The summed E-state index contributed by atoms with van der Waals surface area (Å²) in [4.78, 5) is 23.0. The number of esters is 2. The van der Waals surface area contributed by atoms with Crippen molar-refractivity contribution in [3.05, 3.63) is 24.3 Å². The highest BCUT2D eigenvalue weighted by Gasteiger charge is 2.31. The van der Waals surface area contributed by atoms with Crippen molar-refractivity contribution in [2.24, 2.45) is 0 Å². The highest BCUT2D eigenvalue weighted by atomic mass is 16.6. The topological polar surface area (TPSA) is 71.1 Å². The molecule has 0 N–H and O–H groups in total. The molecular weight excluding hydrogens is 252 g/mol. The van der Waals surface area contributed by atoms with E-state index in [1.165, 1.54) is 0 Å². The smallest absolute Gasteiger partial charge is 0.359 e. The monoisotopic (exact) mass is 268 g/mol. The zero-order chi connectivity index (χ0) is 14.3. The molecule has 0 aromatic heterocycles.